The van der Waals surface area contributed by atoms with E-state index in [-0.39, 0.29) is 5.82 Å². The van der Waals surface area contributed by atoms with E-state index in [2.05, 4.69) is 5.32 Å². The summed E-state index contributed by atoms with van der Waals surface area (Å²) in [4.78, 5) is 0. The third kappa shape index (κ3) is 6.14. The summed E-state index contributed by atoms with van der Waals surface area (Å²) in [7, 11) is 0. The van der Waals surface area contributed by atoms with Crippen LogP contribution in [0, 0.1) is 11.7 Å². The Morgan fingerprint density at radius 1 is 1.42 bits per heavy atom. The third-order valence-electron chi connectivity index (χ3n) is 3.22. The Morgan fingerprint density at radius 2 is 2.26 bits per heavy atom. The number of aliphatic hydroxyl groups excluding tert-OH is 1. The quantitative estimate of drug-likeness (QED) is 0.670. The van der Waals surface area contributed by atoms with Gasteiger partial charge in [0.15, 0.2) is 0 Å². The first kappa shape index (κ1) is 14.4. The molecule has 1 aromatic rings. The fourth-order valence-corrected chi connectivity index (χ4v) is 1.91. The number of halogens is 1. The fourth-order valence-electron chi connectivity index (χ4n) is 1.91. The second-order valence-corrected chi connectivity index (χ2v) is 5.22. The number of hydrogen-bond donors (Lipinski definition) is 2. The van der Waals surface area contributed by atoms with Crippen LogP contribution in [0.4, 0.5) is 4.39 Å². The van der Waals surface area contributed by atoms with Gasteiger partial charge >= 0.3 is 0 Å². The smallest absolute Gasteiger partial charge is 0.123 e. The minimum atomic E-state index is -0.466. The molecule has 3 nitrogen and oxygen atoms in total. The molecule has 0 bridgehead atoms. The molecule has 19 heavy (non-hydrogen) atoms. The molecule has 106 valence electrons. The fraction of sp³-hybridized carbons (Fsp3) is 0.600. The molecule has 1 aliphatic rings. The van der Waals surface area contributed by atoms with Crippen LogP contribution in [0.2, 0.25) is 0 Å². The number of ether oxygens (including phenoxy) is 1. The summed E-state index contributed by atoms with van der Waals surface area (Å²) in [6.45, 7) is 2.41. The van der Waals surface area contributed by atoms with Crippen LogP contribution in [0.25, 0.3) is 0 Å². The summed E-state index contributed by atoms with van der Waals surface area (Å²) >= 11 is 0. The van der Waals surface area contributed by atoms with Gasteiger partial charge in [0.2, 0.25) is 0 Å². The Bertz CT molecular complexity index is 382. The maximum absolute atomic E-state index is 12.9. The number of hydrogen-bond acceptors (Lipinski definition) is 3. The molecule has 1 atom stereocenters. The highest BCUT2D eigenvalue weighted by Crippen LogP contribution is 2.28. The van der Waals surface area contributed by atoms with Crippen molar-refractivity contribution in [1.29, 1.82) is 0 Å². The molecule has 0 heterocycles. The van der Waals surface area contributed by atoms with Crippen LogP contribution in [0.1, 0.15) is 18.4 Å². The van der Waals surface area contributed by atoms with Gasteiger partial charge < -0.3 is 15.2 Å². The van der Waals surface area contributed by atoms with Gasteiger partial charge in [0.25, 0.3) is 0 Å². The monoisotopic (exact) mass is 267 g/mol. The Labute approximate surface area is 113 Å². The highest BCUT2D eigenvalue weighted by molar-refractivity contribution is 5.16. The maximum atomic E-state index is 12.9. The molecule has 0 radical (unpaired) electrons. The first-order valence-electron chi connectivity index (χ1n) is 6.95. The molecular weight excluding hydrogens is 245 g/mol. The van der Waals surface area contributed by atoms with E-state index in [0.29, 0.717) is 13.2 Å². The topological polar surface area (TPSA) is 41.5 Å². The van der Waals surface area contributed by atoms with E-state index < -0.39 is 6.10 Å². The minimum absolute atomic E-state index is 0.203. The van der Waals surface area contributed by atoms with Crippen molar-refractivity contribution >= 4 is 0 Å². The first-order chi connectivity index (χ1) is 9.24. The summed E-state index contributed by atoms with van der Waals surface area (Å²) in [6.07, 6.45) is 2.82. The van der Waals surface area contributed by atoms with Crippen LogP contribution in [-0.2, 0) is 11.2 Å². The Morgan fingerprint density at radius 3 is 3.00 bits per heavy atom. The average Bonchev–Trinajstić information content (AvgIpc) is 3.19. The van der Waals surface area contributed by atoms with Gasteiger partial charge in [0.05, 0.1) is 12.7 Å². The lowest BCUT2D eigenvalue weighted by Gasteiger charge is -2.12. The summed E-state index contributed by atoms with van der Waals surface area (Å²) in [5.74, 6) is 0.527. The lowest BCUT2D eigenvalue weighted by Crippen LogP contribution is -2.31. The molecule has 0 aromatic heterocycles. The van der Waals surface area contributed by atoms with Crippen molar-refractivity contribution in [2.45, 2.75) is 25.4 Å². The molecular formula is C15H22FNO2. The van der Waals surface area contributed by atoms with Crippen molar-refractivity contribution in [3.63, 3.8) is 0 Å². The van der Waals surface area contributed by atoms with E-state index in [1.165, 1.54) is 25.0 Å². The van der Waals surface area contributed by atoms with Gasteiger partial charge in [-0.15, -0.1) is 0 Å². The Balaban J connectivity index is 1.50. The van der Waals surface area contributed by atoms with Gasteiger partial charge in [-0.05, 0) is 49.4 Å². The number of aliphatic hydroxyl groups is 1. The van der Waals surface area contributed by atoms with E-state index >= 15 is 0 Å². The van der Waals surface area contributed by atoms with Crippen molar-refractivity contribution in [3.05, 3.63) is 35.6 Å². The number of nitrogens with one attached hydrogen (secondary N) is 1. The second-order valence-electron chi connectivity index (χ2n) is 5.22. The molecule has 2 N–H and O–H groups in total. The van der Waals surface area contributed by atoms with Crippen LogP contribution in [0.3, 0.4) is 0 Å². The second kappa shape index (κ2) is 7.58. The zero-order valence-corrected chi connectivity index (χ0v) is 11.1. The van der Waals surface area contributed by atoms with E-state index in [1.54, 1.807) is 6.07 Å². The molecule has 1 saturated carbocycles. The SMILES string of the molecule is OC(CNCCc1cccc(F)c1)COCC1CC1. The van der Waals surface area contributed by atoms with E-state index in [4.69, 9.17) is 4.74 Å². The van der Waals surface area contributed by atoms with Gasteiger partial charge in [0, 0.05) is 13.2 Å². The third-order valence-corrected chi connectivity index (χ3v) is 3.22. The summed E-state index contributed by atoms with van der Waals surface area (Å²) in [6, 6.07) is 6.60. The van der Waals surface area contributed by atoms with Crippen LogP contribution in [0.15, 0.2) is 24.3 Å². The van der Waals surface area contributed by atoms with Gasteiger partial charge in [0.1, 0.15) is 5.82 Å². The lowest BCUT2D eigenvalue weighted by molar-refractivity contribution is 0.0327. The van der Waals surface area contributed by atoms with Crippen molar-refractivity contribution in [2.75, 3.05) is 26.3 Å². The number of benzene rings is 1. The van der Waals surface area contributed by atoms with E-state index in [9.17, 15) is 9.50 Å². The molecule has 2 rings (SSSR count). The van der Waals surface area contributed by atoms with Gasteiger partial charge in [-0.25, -0.2) is 4.39 Å². The summed E-state index contributed by atoms with van der Waals surface area (Å²) in [5, 5.41) is 12.8. The molecule has 4 heteroatoms. The normalized spacial score (nSPS) is 16.5. The van der Waals surface area contributed by atoms with Crippen molar-refractivity contribution in [2.24, 2.45) is 5.92 Å². The Kier molecular flexibility index (Phi) is 5.76. The van der Waals surface area contributed by atoms with Crippen molar-refractivity contribution < 1.29 is 14.2 Å². The molecule has 0 spiro atoms. The maximum Gasteiger partial charge on any atom is 0.123 e. The predicted octanol–water partition coefficient (Wildman–Crippen LogP) is 1.75. The average molecular weight is 267 g/mol. The zero-order chi connectivity index (χ0) is 13.5. The molecule has 0 saturated heterocycles. The summed E-state index contributed by atoms with van der Waals surface area (Å²) in [5.41, 5.74) is 0.965. The van der Waals surface area contributed by atoms with Crippen LogP contribution in [-0.4, -0.2) is 37.5 Å². The lowest BCUT2D eigenvalue weighted by atomic mass is 10.1. The standard InChI is InChI=1S/C15H22FNO2/c16-14-3-1-2-12(8-14)6-7-17-9-15(18)11-19-10-13-4-5-13/h1-3,8,13,15,17-18H,4-7,9-11H2. The van der Waals surface area contributed by atoms with E-state index in [0.717, 1.165) is 31.1 Å². The largest absolute Gasteiger partial charge is 0.389 e. The van der Waals surface area contributed by atoms with Gasteiger partial charge in [-0.2, -0.15) is 0 Å². The highest BCUT2D eigenvalue weighted by Gasteiger charge is 2.21. The van der Waals surface area contributed by atoms with Crippen LogP contribution >= 0.6 is 0 Å². The molecule has 1 aromatic carbocycles. The zero-order valence-electron chi connectivity index (χ0n) is 11.1. The molecule has 0 amide bonds. The van der Waals surface area contributed by atoms with E-state index in [1.807, 2.05) is 6.07 Å². The molecule has 1 unspecified atom stereocenters. The molecule has 0 aliphatic heterocycles. The minimum Gasteiger partial charge on any atom is -0.389 e. The van der Waals surface area contributed by atoms with Gasteiger partial charge in [-0.3, -0.25) is 0 Å². The number of rotatable bonds is 9. The van der Waals surface area contributed by atoms with Gasteiger partial charge in [-0.1, -0.05) is 12.1 Å². The van der Waals surface area contributed by atoms with Crippen molar-refractivity contribution in [3.8, 4) is 0 Å². The van der Waals surface area contributed by atoms with Crippen LogP contribution < -0.4 is 5.32 Å². The first-order valence-corrected chi connectivity index (χ1v) is 6.95. The van der Waals surface area contributed by atoms with Crippen molar-refractivity contribution in [1.82, 2.24) is 5.32 Å². The van der Waals surface area contributed by atoms with Crippen LogP contribution in [0.5, 0.6) is 0 Å². The molecule has 1 aliphatic carbocycles. The predicted molar refractivity (Wildman–Crippen MR) is 72.5 cm³/mol. The molecule has 1 fully saturated rings. The Hall–Kier alpha value is -0.970. The highest BCUT2D eigenvalue weighted by atomic mass is 19.1. The summed E-state index contributed by atoms with van der Waals surface area (Å²) < 4.78 is 18.3.